The van der Waals surface area contributed by atoms with Gasteiger partial charge >= 0.3 is 6.09 Å². The first kappa shape index (κ1) is 51.1. The van der Waals surface area contributed by atoms with Gasteiger partial charge in [-0.05, 0) is 102 Å². The second-order valence-corrected chi connectivity index (χ2v) is 17.7. The van der Waals surface area contributed by atoms with Crippen LogP contribution in [-0.4, -0.2) is 107 Å². The van der Waals surface area contributed by atoms with E-state index in [0.717, 1.165) is 47.9 Å². The number of carbonyl (C=O) groups is 1. The number of hydrogen-bond donors (Lipinski definition) is 3. The fraction of sp³-hybridized carbons (Fsp3) is 0.434. The molecule has 3 aliphatic rings. The number of alkyl halides is 1. The smallest absolute Gasteiger partial charge is 0.410 e. The number of hydrogen-bond acceptors (Lipinski definition) is 13. The fourth-order valence-corrected chi connectivity index (χ4v) is 10.1. The van der Waals surface area contributed by atoms with Crippen LogP contribution in [0.4, 0.5) is 10.5 Å². The van der Waals surface area contributed by atoms with Gasteiger partial charge in [0.1, 0.15) is 36.5 Å². The molecule has 16 heteroatoms. The van der Waals surface area contributed by atoms with Crippen molar-refractivity contribution in [3.63, 3.8) is 0 Å². The molecule has 1 aliphatic heterocycles. The fourth-order valence-electron chi connectivity index (χ4n) is 10.0. The maximum atomic E-state index is 14.4. The van der Waals surface area contributed by atoms with Crippen LogP contribution >= 0.6 is 11.6 Å². The molecule has 1 amide bonds. The van der Waals surface area contributed by atoms with Crippen LogP contribution in [0.5, 0.6) is 17.2 Å². The number of fused-ring (bicyclic) bond motifs is 2. The van der Waals surface area contributed by atoms with Gasteiger partial charge in [-0.15, -0.1) is 18.2 Å². The molecule has 1 heterocycles. The lowest BCUT2D eigenvalue weighted by Crippen LogP contribution is -2.70. The molecule has 6 atom stereocenters. The lowest BCUT2D eigenvalue weighted by molar-refractivity contribution is -0.384. The number of allylic oxidation sites excluding steroid dienone is 1. The number of nitro benzene ring substituents is 1. The zero-order valence-corrected chi connectivity index (χ0v) is 39.5. The predicted molar refractivity (Wildman–Crippen MR) is 261 cm³/mol. The number of carbonyl (C=O) groups excluding carboxylic acids is 1. The SMILES string of the molecule is C=CCOC12Oc3ccc(Oc4ccc(-c5ccccc5)cc4)cc3C3C(CCCCO)C(CCCCO)C=C(C(=NOCc4ccc([N+](=O)[O-])cc4)CC1N(CCOCCO)C(=O)OCCCl)C32. The molecule has 3 N–H and O–H groups in total. The van der Waals surface area contributed by atoms with Gasteiger partial charge in [-0.2, -0.15) is 0 Å². The predicted octanol–water partition coefficient (Wildman–Crippen LogP) is 9.57. The standard InChI is InChI=1S/C53H62ClN3O12/c1-2-29-66-53-49(56(25-31-64-32-28-60)52(61)65-30-24-54)35-47(55-67-36-37-14-18-41(19-15-37)57(62)63)45-33-40(12-6-8-26-58)44(13-7-9-27-59)50(51(45)53)46-34-43(22-23-48(46)69-53)68-42-20-16-39(17-21-42)38-10-4-3-5-11-38/h2-5,10-11,14-23,33-34,40,44,49-51,58-60H,1,6-9,12-13,24-32,35-36H2. The van der Waals surface area contributed by atoms with E-state index in [9.17, 15) is 30.2 Å². The highest BCUT2D eigenvalue weighted by Crippen LogP contribution is 2.62. The van der Waals surface area contributed by atoms with Gasteiger partial charge in [-0.3, -0.25) is 15.0 Å². The van der Waals surface area contributed by atoms with E-state index in [-0.39, 0.29) is 95.1 Å². The average molecular weight is 969 g/mol. The van der Waals surface area contributed by atoms with E-state index in [1.165, 1.54) is 17.0 Å². The van der Waals surface area contributed by atoms with Crippen LogP contribution in [-0.2, 0) is 25.7 Å². The second-order valence-electron chi connectivity index (χ2n) is 17.3. The number of rotatable bonds is 26. The first-order valence-electron chi connectivity index (χ1n) is 23.7. The van der Waals surface area contributed by atoms with Crippen LogP contribution < -0.4 is 9.47 Å². The molecule has 0 spiro atoms. The molecule has 1 saturated carbocycles. The summed E-state index contributed by atoms with van der Waals surface area (Å²) in [6.07, 6.45) is 7.44. The highest BCUT2D eigenvalue weighted by molar-refractivity contribution is 6.18. The Balaban J connectivity index is 1.39. The number of unbranched alkanes of at least 4 members (excludes halogenated alkanes) is 2. The number of ether oxygens (including phenoxy) is 5. The zero-order chi connectivity index (χ0) is 48.6. The number of non-ortho nitro benzene ring substituents is 1. The lowest BCUT2D eigenvalue weighted by Gasteiger charge is -2.59. The summed E-state index contributed by atoms with van der Waals surface area (Å²) in [4.78, 5) is 33.0. The summed E-state index contributed by atoms with van der Waals surface area (Å²) >= 11 is 6.06. The Labute approximate surface area is 408 Å². The van der Waals surface area contributed by atoms with Crippen molar-refractivity contribution in [2.75, 3.05) is 58.7 Å². The van der Waals surface area contributed by atoms with Crippen molar-refractivity contribution in [3.05, 3.63) is 143 Å². The molecule has 4 aromatic rings. The summed E-state index contributed by atoms with van der Waals surface area (Å²) in [7, 11) is 0. The zero-order valence-electron chi connectivity index (χ0n) is 38.7. The number of aliphatic hydroxyl groups excluding tert-OH is 3. The molecule has 368 valence electrons. The first-order chi connectivity index (χ1) is 33.7. The lowest BCUT2D eigenvalue weighted by atomic mass is 9.55. The van der Waals surface area contributed by atoms with Gasteiger partial charge in [-0.25, -0.2) is 4.79 Å². The summed E-state index contributed by atoms with van der Waals surface area (Å²) in [5, 5.41) is 45.8. The number of amides is 1. The number of aliphatic hydroxyl groups is 3. The van der Waals surface area contributed by atoms with Gasteiger partial charge in [0.2, 0.25) is 5.79 Å². The Hall–Kier alpha value is -5.81. The Morgan fingerprint density at radius 2 is 1.62 bits per heavy atom. The Morgan fingerprint density at radius 3 is 2.32 bits per heavy atom. The average Bonchev–Trinajstić information content (AvgIpc) is 3.37. The van der Waals surface area contributed by atoms with Crippen molar-refractivity contribution in [1.82, 2.24) is 4.90 Å². The van der Waals surface area contributed by atoms with Crippen molar-refractivity contribution in [2.45, 2.75) is 69.3 Å². The number of nitrogens with zero attached hydrogens (tertiary/aromatic N) is 3. The van der Waals surface area contributed by atoms with Crippen LogP contribution in [0.15, 0.2) is 127 Å². The molecule has 4 aromatic carbocycles. The van der Waals surface area contributed by atoms with E-state index in [0.29, 0.717) is 41.4 Å². The topological polar surface area (TPSA) is 192 Å². The maximum absolute atomic E-state index is 14.4. The van der Waals surface area contributed by atoms with Gasteiger partial charge in [0.05, 0.1) is 48.9 Å². The number of halogens is 1. The minimum atomic E-state index is -1.58. The van der Waals surface area contributed by atoms with E-state index in [1.807, 2.05) is 60.7 Å². The Kier molecular flexibility index (Phi) is 18.6. The molecule has 69 heavy (non-hydrogen) atoms. The number of nitro groups is 1. The monoisotopic (exact) mass is 967 g/mol. The van der Waals surface area contributed by atoms with Crippen molar-refractivity contribution >= 4 is 29.1 Å². The molecule has 7 rings (SSSR count). The Morgan fingerprint density at radius 1 is 0.899 bits per heavy atom. The highest BCUT2D eigenvalue weighted by Gasteiger charge is 2.65. The van der Waals surface area contributed by atoms with E-state index in [4.69, 9.17) is 45.3 Å². The minimum Gasteiger partial charge on any atom is -0.459 e. The molecular formula is C53H62ClN3O12. The minimum absolute atomic E-state index is 0.00179. The summed E-state index contributed by atoms with van der Waals surface area (Å²) in [6, 6.07) is 28.9. The Bertz CT molecular complexity index is 2370. The van der Waals surface area contributed by atoms with E-state index < -0.39 is 28.8 Å². The summed E-state index contributed by atoms with van der Waals surface area (Å²) < 4.78 is 32.4. The molecule has 1 fully saturated rings. The van der Waals surface area contributed by atoms with Crippen molar-refractivity contribution in [2.24, 2.45) is 22.9 Å². The third-order valence-corrected chi connectivity index (χ3v) is 13.2. The summed E-state index contributed by atoms with van der Waals surface area (Å²) in [6.45, 7) is 3.97. The maximum Gasteiger partial charge on any atom is 0.410 e. The van der Waals surface area contributed by atoms with Crippen LogP contribution in [0.25, 0.3) is 11.1 Å². The molecule has 6 unspecified atom stereocenters. The van der Waals surface area contributed by atoms with Gasteiger partial charge in [0, 0.05) is 49.8 Å². The molecule has 0 aromatic heterocycles. The van der Waals surface area contributed by atoms with Crippen molar-refractivity contribution in [1.29, 1.82) is 0 Å². The number of oxime groups is 1. The van der Waals surface area contributed by atoms with Gasteiger partial charge < -0.3 is 43.8 Å². The largest absolute Gasteiger partial charge is 0.459 e. The molecule has 2 aliphatic carbocycles. The molecule has 0 bridgehead atoms. The van der Waals surface area contributed by atoms with Crippen LogP contribution in [0.3, 0.4) is 0 Å². The van der Waals surface area contributed by atoms with Gasteiger partial charge in [0.25, 0.3) is 5.69 Å². The van der Waals surface area contributed by atoms with Crippen molar-refractivity contribution in [3.8, 4) is 28.4 Å². The van der Waals surface area contributed by atoms with E-state index in [1.54, 1.807) is 18.2 Å². The first-order valence-corrected chi connectivity index (χ1v) is 24.2. The van der Waals surface area contributed by atoms with Gasteiger partial charge in [0.15, 0.2) is 0 Å². The summed E-state index contributed by atoms with van der Waals surface area (Å²) in [5.41, 5.74) is 4.98. The van der Waals surface area contributed by atoms with Crippen LogP contribution in [0, 0.1) is 27.9 Å². The van der Waals surface area contributed by atoms with Crippen LogP contribution in [0.1, 0.15) is 62.0 Å². The molecular weight excluding hydrogens is 906 g/mol. The number of benzene rings is 4. The third-order valence-electron chi connectivity index (χ3n) is 13.0. The van der Waals surface area contributed by atoms with Crippen molar-refractivity contribution < 1.29 is 53.6 Å². The highest BCUT2D eigenvalue weighted by atomic mass is 35.5. The summed E-state index contributed by atoms with van der Waals surface area (Å²) in [5.74, 6) is -0.786. The van der Waals surface area contributed by atoms with Gasteiger partial charge in [-0.1, -0.05) is 72.6 Å². The second kappa shape index (κ2) is 25.2. The molecule has 0 saturated heterocycles. The normalized spacial score (nSPS) is 21.8. The third kappa shape index (κ3) is 12.3. The van der Waals surface area contributed by atoms with Crippen LogP contribution in [0.2, 0.25) is 0 Å². The van der Waals surface area contributed by atoms with E-state index >= 15 is 0 Å². The molecule has 0 radical (unpaired) electrons. The molecule has 15 nitrogen and oxygen atoms in total. The van der Waals surface area contributed by atoms with E-state index in [2.05, 4.69) is 24.8 Å². The quantitative estimate of drug-likeness (QED) is 0.0178.